The van der Waals surface area contributed by atoms with E-state index < -0.39 is 0 Å². The van der Waals surface area contributed by atoms with Crippen molar-refractivity contribution in [1.29, 1.82) is 0 Å². The summed E-state index contributed by atoms with van der Waals surface area (Å²) in [5.74, 6) is -0.0575. The van der Waals surface area contributed by atoms with Crippen molar-refractivity contribution < 1.29 is 14.3 Å². The van der Waals surface area contributed by atoms with E-state index in [0.29, 0.717) is 18.4 Å². The molecule has 0 aliphatic heterocycles. The number of ether oxygens (including phenoxy) is 2. The molecule has 0 bridgehead atoms. The highest BCUT2D eigenvalue weighted by atomic mass is 16.5. The number of carbonyl (C=O) groups excluding carboxylic acids is 1. The summed E-state index contributed by atoms with van der Waals surface area (Å²) in [5.41, 5.74) is 0.367. The molecule has 0 radical (unpaired) electrons. The molecular formula is C24H46O3. The molecule has 0 saturated heterocycles. The monoisotopic (exact) mass is 382 g/mol. The summed E-state index contributed by atoms with van der Waals surface area (Å²) < 4.78 is 10.9. The molecule has 0 aromatic heterocycles. The van der Waals surface area contributed by atoms with E-state index >= 15 is 0 Å². The molecule has 3 heteroatoms. The first kappa shape index (κ1) is 26.2. The summed E-state index contributed by atoms with van der Waals surface area (Å²) in [6.45, 7) is 11.2. The van der Waals surface area contributed by atoms with Crippen LogP contribution in [0, 0.1) is 5.41 Å². The minimum Gasteiger partial charge on any atom is -0.461 e. The SMILES string of the molecule is CCCCCC/C=C\COC(=O)CCCCCCCCOCCC(C)(C)C. The van der Waals surface area contributed by atoms with E-state index in [4.69, 9.17) is 9.47 Å². The van der Waals surface area contributed by atoms with Crippen molar-refractivity contribution in [3.63, 3.8) is 0 Å². The average molecular weight is 383 g/mol. The highest BCUT2D eigenvalue weighted by Crippen LogP contribution is 2.18. The van der Waals surface area contributed by atoms with E-state index in [9.17, 15) is 4.79 Å². The van der Waals surface area contributed by atoms with Crippen LogP contribution in [0.15, 0.2) is 12.2 Å². The third-order valence-corrected chi connectivity index (χ3v) is 4.65. The molecule has 0 aliphatic carbocycles. The van der Waals surface area contributed by atoms with Crippen molar-refractivity contribution in [3.05, 3.63) is 12.2 Å². The maximum absolute atomic E-state index is 11.7. The first-order valence-electron chi connectivity index (χ1n) is 11.3. The predicted octanol–water partition coefficient (Wildman–Crippen LogP) is 7.24. The Morgan fingerprint density at radius 2 is 1.48 bits per heavy atom. The van der Waals surface area contributed by atoms with Crippen molar-refractivity contribution in [1.82, 2.24) is 0 Å². The van der Waals surface area contributed by atoms with E-state index in [0.717, 1.165) is 45.3 Å². The predicted molar refractivity (Wildman–Crippen MR) is 116 cm³/mol. The Morgan fingerprint density at radius 1 is 0.815 bits per heavy atom. The maximum Gasteiger partial charge on any atom is 0.306 e. The molecule has 0 atom stereocenters. The third-order valence-electron chi connectivity index (χ3n) is 4.65. The van der Waals surface area contributed by atoms with Gasteiger partial charge in [-0.3, -0.25) is 4.79 Å². The Morgan fingerprint density at radius 3 is 2.19 bits per heavy atom. The van der Waals surface area contributed by atoms with Gasteiger partial charge in [-0.05, 0) is 37.5 Å². The fourth-order valence-corrected chi connectivity index (χ4v) is 2.75. The zero-order valence-corrected chi connectivity index (χ0v) is 18.7. The van der Waals surface area contributed by atoms with E-state index in [1.165, 1.54) is 44.9 Å². The molecule has 0 amide bonds. The Kier molecular flexibility index (Phi) is 18.0. The van der Waals surface area contributed by atoms with Crippen molar-refractivity contribution in [3.8, 4) is 0 Å². The number of allylic oxidation sites excluding steroid dienone is 1. The van der Waals surface area contributed by atoms with E-state index in [2.05, 4.69) is 33.8 Å². The van der Waals surface area contributed by atoms with Gasteiger partial charge in [-0.2, -0.15) is 0 Å². The second-order valence-electron chi connectivity index (χ2n) is 8.80. The quantitative estimate of drug-likeness (QED) is 0.142. The number of unbranched alkanes of at least 4 members (excludes halogenated alkanes) is 9. The van der Waals surface area contributed by atoms with Crippen LogP contribution in [0.4, 0.5) is 0 Å². The Balaban J connectivity index is 3.26. The average Bonchev–Trinajstić information content (AvgIpc) is 2.61. The molecule has 0 rings (SSSR count). The lowest BCUT2D eigenvalue weighted by Gasteiger charge is -2.17. The minimum atomic E-state index is -0.0575. The Bertz CT molecular complexity index is 355. The third kappa shape index (κ3) is 23.1. The highest BCUT2D eigenvalue weighted by molar-refractivity contribution is 5.69. The fourth-order valence-electron chi connectivity index (χ4n) is 2.75. The van der Waals surface area contributed by atoms with Crippen LogP contribution in [0.25, 0.3) is 0 Å². The highest BCUT2D eigenvalue weighted by Gasteiger charge is 2.08. The fraction of sp³-hybridized carbons (Fsp3) is 0.875. The van der Waals surface area contributed by atoms with Crippen LogP contribution >= 0.6 is 0 Å². The summed E-state index contributed by atoms with van der Waals surface area (Å²) in [5, 5.41) is 0. The van der Waals surface area contributed by atoms with Gasteiger partial charge < -0.3 is 9.47 Å². The minimum absolute atomic E-state index is 0.0575. The van der Waals surface area contributed by atoms with Gasteiger partial charge in [0.1, 0.15) is 6.61 Å². The molecule has 0 spiro atoms. The molecule has 0 saturated carbocycles. The van der Waals surface area contributed by atoms with Crippen LogP contribution < -0.4 is 0 Å². The van der Waals surface area contributed by atoms with Gasteiger partial charge in [0.15, 0.2) is 0 Å². The molecule has 0 heterocycles. The van der Waals surface area contributed by atoms with Gasteiger partial charge in [0, 0.05) is 19.6 Å². The van der Waals surface area contributed by atoms with Gasteiger partial charge in [-0.1, -0.05) is 84.8 Å². The van der Waals surface area contributed by atoms with Crippen molar-refractivity contribution >= 4 is 5.97 Å². The first-order chi connectivity index (χ1) is 13.0. The normalized spacial score (nSPS) is 12.0. The maximum atomic E-state index is 11.7. The van der Waals surface area contributed by atoms with Crippen LogP contribution in [0.2, 0.25) is 0 Å². The van der Waals surface area contributed by atoms with Crippen LogP contribution in [0.1, 0.15) is 111 Å². The lowest BCUT2D eigenvalue weighted by molar-refractivity contribution is -0.142. The smallest absolute Gasteiger partial charge is 0.306 e. The number of hydrogen-bond donors (Lipinski definition) is 0. The summed E-state index contributed by atoms with van der Waals surface area (Å²) >= 11 is 0. The molecule has 160 valence electrons. The summed E-state index contributed by atoms with van der Waals surface area (Å²) in [6, 6.07) is 0. The van der Waals surface area contributed by atoms with Crippen LogP contribution in [0.5, 0.6) is 0 Å². The van der Waals surface area contributed by atoms with Crippen molar-refractivity contribution in [2.24, 2.45) is 5.41 Å². The molecule has 0 aromatic rings. The van der Waals surface area contributed by atoms with E-state index in [1.54, 1.807) is 0 Å². The zero-order chi connectivity index (χ0) is 20.2. The lowest BCUT2D eigenvalue weighted by Crippen LogP contribution is -2.09. The molecule has 0 N–H and O–H groups in total. The van der Waals surface area contributed by atoms with E-state index in [-0.39, 0.29) is 5.97 Å². The Hall–Kier alpha value is -0.830. The summed E-state index contributed by atoms with van der Waals surface area (Å²) in [7, 11) is 0. The number of carbonyl (C=O) groups is 1. The van der Waals surface area contributed by atoms with Gasteiger partial charge in [-0.15, -0.1) is 0 Å². The lowest BCUT2D eigenvalue weighted by atomic mass is 9.93. The standard InChI is InChI=1S/C24H46O3/c1-5-6-7-8-10-14-17-21-27-23(25)18-15-12-9-11-13-16-20-26-22-19-24(2,3)4/h14,17H,5-13,15-16,18-22H2,1-4H3/b17-14-. The molecule has 3 nitrogen and oxygen atoms in total. The van der Waals surface area contributed by atoms with E-state index in [1.807, 2.05) is 6.08 Å². The Labute approximate surface area is 169 Å². The van der Waals surface area contributed by atoms with Gasteiger partial charge in [0.2, 0.25) is 0 Å². The molecule has 0 unspecified atom stereocenters. The summed E-state index contributed by atoms with van der Waals surface area (Å²) in [6.07, 6.45) is 18.9. The van der Waals surface area contributed by atoms with Crippen LogP contribution in [-0.2, 0) is 14.3 Å². The molecule has 27 heavy (non-hydrogen) atoms. The van der Waals surface area contributed by atoms with Crippen molar-refractivity contribution in [2.75, 3.05) is 19.8 Å². The van der Waals surface area contributed by atoms with Crippen LogP contribution in [0.3, 0.4) is 0 Å². The second-order valence-corrected chi connectivity index (χ2v) is 8.80. The molecular weight excluding hydrogens is 336 g/mol. The number of hydrogen-bond acceptors (Lipinski definition) is 3. The second kappa shape index (κ2) is 18.5. The molecule has 0 fully saturated rings. The first-order valence-corrected chi connectivity index (χ1v) is 11.3. The van der Waals surface area contributed by atoms with Gasteiger partial charge in [0.25, 0.3) is 0 Å². The van der Waals surface area contributed by atoms with Gasteiger partial charge in [-0.25, -0.2) is 0 Å². The molecule has 0 aromatic carbocycles. The van der Waals surface area contributed by atoms with Crippen molar-refractivity contribution in [2.45, 2.75) is 111 Å². The van der Waals surface area contributed by atoms with Crippen LogP contribution in [-0.4, -0.2) is 25.8 Å². The zero-order valence-electron chi connectivity index (χ0n) is 18.7. The number of esters is 1. The topological polar surface area (TPSA) is 35.5 Å². The largest absolute Gasteiger partial charge is 0.461 e. The molecule has 0 aliphatic rings. The van der Waals surface area contributed by atoms with Gasteiger partial charge >= 0.3 is 5.97 Å². The number of rotatable bonds is 18. The summed E-state index contributed by atoms with van der Waals surface area (Å²) in [4.78, 5) is 11.7. The van der Waals surface area contributed by atoms with Gasteiger partial charge in [0.05, 0.1) is 0 Å².